The number of nitrogens with two attached hydrogens (primary N) is 1. The predicted octanol–water partition coefficient (Wildman–Crippen LogP) is 3.51. The Balaban J connectivity index is 2.67. The van der Waals surface area contributed by atoms with Gasteiger partial charge in [-0.1, -0.05) is 25.4 Å². The van der Waals surface area contributed by atoms with Crippen molar-refractivity contribution in [3.8, 4) is 0 Å². The van der Waals surface area contributed by atoms with E-state index < -0.39 is 5.82 Å². The van der Waals surface area contributed by atoms with Gasteiger partial charge in [-0.3, -0.25) is 10.8 Å². The molecule has 0 aliphatic carbocycles. The maximum Gasteiger partial charge on any atom is 0.126 e. The van der Waals surface area contributed by atoms with Gasteiger partial charge in [0.25, 0.3) is 0 Å². The molecule has 2 rings (SSSR count). The molecule has 0 fully saturated rings. The zero-order valence-corrected chi connectivity index (χ0v) is 11.1. The fourth-order valence-corrected chi connectivity index (χ4v) is 2.28. The molecule has 0 unspecified atom stereocenters. The Bertz CT molecular complexity index is 584. The first-order valence-corrected chi connectivity index (χ1v) is 6.14. The van der Waals surface area contributed by atoms with E-state index in [-0.39, 0.29) is 0 Å². The Hall–Kier alpha value is -1.39. The van der Waals surface area contributed by atoms with Crippen LogP contribution in [0.1, 0.15) is 19.5 Å². The summed E-state index contributed by atoms with van der Waals surface area (Å²) in [4.78, 5) is 4.43. The van der Waals surface area contributed by atoms with E-state index in [9.17, 15) is 4.39 Å². The van der Waals surface area contributed by atoms with E-state index in [2.05, 4.69) is 24.3 Å². The average molecular weight is 268 g/mol. The molecule has 2 aromatic rings. The van der Waals surface area contributed by atoms with Crippen molar-refractivity contribution in [2.24, 2.45) is 11.8 Å². The Morgan fingerprint density at radius 3 is 2.72 bits per heavy atom. The third-order valence-corrected chi connectivity index (χ3v) is 2.95. The van der Waals surface area contributed by atoms with Crippen LogP contribution in [0.15, 0.2) is 18.2 Å². The summed E-state index contributed by atoms with van der Waals surface area (Å²) < 4.78 is 13.4. The minimum absolute atomic E-state index is 0.307. The van der Waals surface area contributed by atoms with Crippen molar-refractivity contribution < 1.29 is 4.39 Å². The molecule has 0 atom stereocenters. The number of rotatable bonds is 3. The Morgan fingerprint density at radius 1 is 1.39 bits per heavy atom. The lowest BCUT2D eigenvalue weighted by molar-refractivity contribution is 0.628. The van der Waals surface area contributed by atoms with Crippen molar-refractivity contribution in [2.75, 3.05) is 5.43 Å². The number of hydrazine groups is 1. The number of halogens is 2. The van der Waals surface area contributed by atoms with E-state index >= 15 is 0 Å². The number of fused-ring (bicyclic) bond motifs is 1. The van der Waals surface area contributed by atoms with Crippen LogP contribution in [0.25, 0.3) is 10.9 Å². The maximum atomic E-state index is 13.4. The molecule has 0 spiro atoms. The first-order chi connectivity index (χ1) is 8.51. The van der Waals surface area contributed by atoms with Gasteiger partial charge in [-0.25, -0.2) is 4.39 Å². The molecule has 0 bridgehead atoms. The topological polar surface area (TPSA) is 50.9 Å². The zero-order valence-electron chi connectivity index (χ0n) is 10.3. The lowest BCUT2D eigenvalue weighted by Gasteiger charge is -2.11. The summed E-state index contributed by atoms with van der Waals surface area (Å²) in [6.07, 6.45) is 0.804. The lowest BCUT2D eigenvalue weighted by atomic mass is 10.1. The van der Waals surface area contributed by atoms with Crippen molar-refractivity contribution in [1.29, 1.82) is 0 Å². The number of hydrogen-bond donors (Lipinski definition) is 2. The molecule has 1 aromatic carbocycles. The van der Waals surface area contributed by atoms with Crippen LogP contribution >= 0.6 is 11.6 Å². The quantitative estimate of drug-likeness (QED) is 0.661. The van der Waals surface area contributed by atoms with Crippen molar-refractivity contribution in [2.45, 2.75) is 20.3 Å². The second-order valence-corrected chi connectivity index (χ2v) is 5.09. The summed E-state index contributed by atoms with van der Waals surface area (Å²) in [7, 11) is 0. The van der Waals surface area contributed by atoms with Crippen LogP contribution in [0.4, 0.5) is 10.1 Å². The molecule has 1 aromatic heterocycles. The number of anilines is 1. The number of nitrogen functional groups attached to an aromatic ring is 1. The van der Waals surface area contributed by atoms with Gasteiger partial charge < -0.3 is 5.43 Å². The van der Waals surface area contributed by atoms with Crippen molar-refractivity contribution in [1.82, 2.24) is 4.98 Å². The summed E-state index contributed by atoms with van der Waals surface area (Å²) >= 11 is 6.03. The molecule has 0 aliphatic rings. The van der Waals surface area contributed by atoms with Crippen LogP contribution in [0.2, 0.25) is 5.02 Å². The van der Waals surface area contributed by atoms with Crippen LogP contribution in [0.3, 0.4) is 0 Å². The number of nitrogens with zero attached hydrogens (tertiary/aromatic N) is 1. The van der Waals surface area contributed by atoms with E-state index in [0.717, 1.165) is 12.1 Å². The second kappa shape index (κ2) is 5.08. The molecule has 0 radical (unpaired) electrons. The monoisotopic (exact) mass is 267 g/mol. The Labute approximate surface area is 110 Å². The van der Waals surface area contributed by atoms with Gasteiger partial charge in [0, 0.05) is 17.1 Å². The van der Waals surface area contributed by atoms with E-state index in [1.54, 1.807) is 0 Å². The molecule has 1 heterocycles. The lowest BCUT2D eigenvalue weighted by Crippen LogP contribution is -2.09. The molecule has 0 saturated carbocycles. The minimum Gasteiger partial charge on any atom is -0.323 e. The van der Waals surface area contributed by atoms with Gasteiger partial charge in [-0.2, -0.15) is 0 Å². The van der Waals surface area contributed by atoms with E-state index in [1.165, 1.54) is 12.1 Å². The largest absolute Gasteiger partial charge is 0.323 e. The fraction of sp³-hybridized carbons (Fsp3) is 0.308. The Morgan fingerprint density at radius 2 is 2.11 bits per heavy atom. The van der Waals surface area contributed by atoms with Gasteiger partial charge in [0.1, 0.15) is 5.82 Å². The average Bonchev–Trinajstić information content (AvgIpc) is 2.25. The molecular formula is C13H15ClFN3. The summed E-state index contributed by atoms with van der Waals surface area (Å²) in [6.45, 7) is 4.19. The first kappa shape index (κ1) is 13.1. The van der Waals surface area contributed by atoms with Crippen LogP contribution in [-0.2, 0) is 6.42 Å². The molecule has 0 saturated heterocycles. The second-order valence-electron chi connectivity index (χ2n) is 4.69. The highest BCUT2D eigenvalue weighted by Crippen LogP contribution is 2.31. The van der Waals surface area contributed by atoms with Gasteiger partial charge in [-0.05, 0) is 24.5 Å². The summed E-state index contributed by atoms with van der Waals surface area (Å²) in [5.74, 6) is 5.56. The summed E-state index contributed by atoms with van der Waals surface area (Å²) in [6, 6.07) is 4.48. The standard InChI is InChI=1S/C13H15ClFN3/c1-7(2)3-9-6-12(18-16)13-10(14)4-8(15)5-11(13)17-9/h4-7H,3,16H2,1-2H3,(H,17,18). The zero-order chi connectivity index (χ0) is 13.3. The SMILES string of the molecule is CC(C)Cc1cc(NN)c2c(Cl)cc(F)cc2n1. The predicted molar refractivity (Wildman–Crippen MR) is 73.1 cm³/mol. The molecule has 96 valence electrons. The molecule has 3 N–H and O–H groups in total. The van der Waals surface area contributed by atoms with E-state index in [4.69, 9.17) is 17.4 Å². The molecule has 0 aliphatic heterocycles. The number of benzene rings is 1. The Kier molecular flexibility index (Phi) is 3.68. The van der Waals surface area contributed by atoms with Crippen LogP contribution in [0, 0.1) is 11.7 Å². The summed E-state index contributed by atoms with van der Waals surface area (Å²) in [5, 5.41) is 0.953. The highest BCUT2D eigenvalue weighted by Gasteiger charge is 2.11. The summed E-state index contributed by atoms with van der Waals surface area (Å²) in [5.41, 5.74) is 4.65. The molecule has 18 heavy (non-hydrogen) atoms. The molecular weight excluding hydrogens is 253 g/mol. The molecule has 0 amide bonds. The van der Waals surface area contributed by atoms with Crippen molar-refractivity contribution in [3.63, 3.8) is 0 Å². The highest BCUT2D eigenvalue weighted by molar-refractivity contribution is 6.36. The van der Waals surface area contributed by atoms with Crippen LogP contribution in [-0.4, -0.2) is 4.98 Å². The number of pyridine rings is 1. The van der Waals surface area contributed by atoms with Crippen molar-refractivity contribution >= 4 is 28.2 Å². The van der Waals surface area contributed by atoms with E-state index in [0.29, 0.717) is 27.5 Å². The van der Waals surface area contributed by atoms with Crippen LogP contribution < -0.4 is 11.3 Å². The van der Waals surface area contributed by atoms with Gasteiger partial charge >= 0.3 is 0 Å². The van der Waals surface area contributed by atoms with Gasteiger partial charge in [0.2, 0.25) is 0 Å². The van der Waals surface area contributed by atoms with Gasteiger partial charge in [0.05, 0.1) is 16.2 Å². The first-order valence-electron chi connectivity index (χ1n) is 5.76. The fourth-order valence-electron chi connectivity index (χ4n) is 1.98. The molecule has 3 nitrogen and oxygen atoms in total. The van der Waals surface area contributed by atoms with E-state index in [1.807, 2.05) is 6.07 Å². The smallest absolute Gasteiger partial charge is 0.126 e. The normalized spacial score (nSPS) is 11.2. The number of aromatic nitrogens is 1. The molecule has 5 heteroatoms. The van der Waals surface area contributed by atoms with Crippen molar-refractivity contribution in [3.05, 3.63) is 34.7 Å². The third kappa shape index (κ3) is 2.54. The van der Waals surface area contributed by atoms with Gasteiger partial charge in [-0.15, -0.1) is 0 Å². The number of hydrogen-bond acceptors (Lipinski definition) is 3. The minimum atomic E-state index is -0.398. The van der Waals surface area contributed by atoms with Crippen LogP contribution in [0.5, 0.6) is 0 Å². The third-order valence-electron chi connectivity index (χ3n) is 2.65. The maximum absolute atomic E-state index is 13.4. The van der Waals surface area contributed by atoms with Gasteiger partial charge in [0.15, 0.2) is 0 Å². The number of nitrogens with one attached hydrogen (secondary N) is 1. The highest BCUT2D eigenvalue weighted by atomic mass is 35.5.